The fraction of sp³-hybridized carbons (Fsp3) is 0.600. The molecule has 1 unspecified atom stereocenters. The third kappa shape index (κ3) is 1.78. The molecule has 0 saturated carbocycles. The van der Waals surface area contributed by atoms with Gasteiger partial charge >= 0.3 is 0 Å². The van der Waals surface area contributed by atoms with Crippen molar-refractivity contribution >= 4 is 5.95 Å². The van der Waals surface area contributed by atoms with Gasteiger partial charge in [0.2, 0.25) is 5.95 Å². The van der Waals surface area contributed by atoms with Gasteiger partial charge in [0.25, 0.3) is 0 Å². The average Bonchev–Trinajstić information content (AvgIpc) is 2.20. The van der Waals surface area contributed by atoms with E-state index in [0.29, 0.717) is 6.04 Å². The van der Waals surface area contributed by atoms with E-state index >= 15 is 0 Å². The quantitative estimate of drug-likeness (QED) is 0.735. The van der Waals surface area contributed by atoms with Crippen LogP contribution in [0.3, 0.4) is 0 Å². The Bertz CT molecular complexity index is 299. The molecule has 1 aliphatic heterocycles. The second kappa shape index (κ2) is 3.82. The molecule has 2 rings (SSSR count). The zero-order valence-corrected chi connectivity index (χ0v) is 8.35. The molecule has 0 radical (unpaired) electrons. The van der Waals surface area contributed by atoms with E-state index in [2.05, 4.69) is 21.8 Å². The van der Waals surface area contributed by atoms with E-state index < -0.39 is 0 Å². The number of aromatic nitrogens is 2. The molecule has 1 aromatic heterocycles. The molecule has 1 atom stereocenters. The molecule has 0 aromatic carbocycles. The lowest BCUT2D eigenvalue weighted by Crippen LogP contribution is -2.38. The van der Waals surface area contributed by atoms with E-state index in [1.165, 1.54) is 31.7 Å². The molecule has 0 aliphatic carbocycles. The maximum absolute atomic E-state index is 9.08. The summed E-state index contributed by atoms with van der Waals surface area (Å²) in [7, 11) is 0. The van der Waals surface area contributed by atoms with Gasteiger partial charge in [-0.25, -0.2) is 9.97 Å². The number of nitrogens with zero attached hydrogens (tertiary/aromatic N) is 3. The molecular weight excluding hydrogens is 178 g/mol. The minimum absolute atomic E-state index is 0.124. The number of anilines is 1. The molecule has 1 aromatic rings. The summed E-state index contributed by atoms with van der Waals surface area (Å²) in [5, 5.41) is 9.08. The summed E-state index contributed by atoms with van der Waals surface area (Å²) >= 11 is 0. The maximum Gasteiger partial charge on any atom is 0.225 e. The van der Waals surface area contributed by atoms with Crippen LogP contribution < -0.4 is 4.90 Å². The van der Waals surface area contributed by atoms with Gasteiger partial charge in [0.1, 0.15) is 0 Å². The van der Waals surface area contributed by atoms with Crippen molar-refractivity contribution in [3.63, 3.8) is 0 Å². The molecule has 0 spiro atoms. The first-order valence-electron chi connectivity index (χ1n) is 5.05. The summed E-state index contributed by atoms with van der Waals surface area (Å²) in [5.74, 6) is 0.855. The van der Waals surface area contributed by atoms with Crippen molar-refractivity contribution < 1.29 is 5.11 Å². The summed E-state index contributed by atoms with van der Waals surface area (Å²) in [6.45, 7) is 3.21. The van der Waals surface area contributed by atoms with E-state index in [9.17, 15) is 0 Å². The zero-order chi connectivity index (χ0) is 9.97. The first-order chi connectivity index (χ1) is 6.77. The Balaban J connectivity index is 2.16. The fourth-order valence-corrected chi connectivity index (χ4v) is 1.86. The Labute approximate surface area is 83.6 Å². The average molecular weight is 193 g/mol. The smallest absolute Gasteiger partial charge is 0.225 e. The van der Waals surface area contributed by atoms with Crippen LogP contribution >= 0.6 is 0 Å². The van der Waals surface area contributed by atoms with Crippen molar-refractivity contribution in [2.45, 2.75) is 32.2 Å². The Morgan fingerprint density at radius 3 is 2.71 bits per heavy atom. The standard InChI is InChI=1S/C10H15N3O/c1-8-4-2-3-5-13(8)10-11-6-9(14)7-12-10/h6-8,14H,2-5H2,1H3. The van der Waals surface area contributed by atoms with E-state index in [1.54, 1.807) is 0 Å². The third-order valence-electron chi connectivity index (χ3n) is 2.68. The van der Waals surface area contributed by atoms with Gasteiger partial charge in [0, 0.05) is 12.6 Å². The van der Waals surface area contributed by atoms with Crippen molar-refractivity contribution in [1.82, 2.24) is 9.97 Å². The van der Waals surface area contributed by atoms with Gasteiger partial charge < -0.3 is 10.0 Å². The number of piperidine rings is 1. The van der Waals surface area contributed by atoms with E-state index in [1.807, 2.05) is 0 Å². The van der Waals surface area contributed by atoms with Crippen LogP contribution in [0.1, 0.15) is 26.2 Å². The first-order valence-corrected chi connectivity index (χ1v) is 5.05. The number of rotatable bonds is 1. The fourth-order valence-electron chi connectivity index (χ4n) is 1.86. The summed E-state index contributed by atoms with van der Waals surface area (Å²) in [6, 6.07) is 0.508. The van der Waals surface area contributed by atoms with Gasteiger partial charge in [0.05, 0.1) is 12.4 Å². The molecule has 4 heteroatoms. The normalized spacial score (nSPS) is 22.4. The van der Waals surface area contributed by atoms with Crippen molar-refractivity contribution in [3.8, 4) is 5.75 Å². The monoisotopic (exact) mass is 193 g/mol. The van der Waals surface area contributed by atoms with Crippen LogP contribution in [-0.2, 0) is 0 Å². The van der Waals surface area contributed by atoms with Crippen LogP contribution in [0, 0.1) is 0 Å². The highest BCUT2D eigenvalue weighted by atomic mass is 16.3. The lowest BCUT2D eigenvalue weighted by molar-refractivity contribution is 0.461. The highest BCUT2D eigenvalue weighted by Gasteiger charge is 2.20. The molecule has 1 fully saturated rings. The Morgan fingerprint density at radius 2 is 2.07 bits per heavy atom. The van der Waals surface area contributed by atoms with Crippen LogP contribution in [0.25, 0.3) is 0 Å². The number of hydrogen-bond acceptors (Lipinski definition) is 4. The lowest BCUT2D eigenvalue weighted by atomic mass is 10.0. The van der Waals surface area contributed by atoms with Crippen molar-refractivity contribution in [2.75, 3.05) is 11.4 Å². The van der Waals surface area contributed by atoms with E-state index in [-0.39, 0.29) is 5.75 Å². The first kappa shape index (κ1) is 9.24. The minimum atomic E-state index is 0.124. The predicted octanol–water partition coefficient (Wildman–Crippen LogP) is 1.56. The molecule has 1 aliphatic rings. The Morgan fingerprint density at radius 1 is 1.36 bits per heavy atom. The molecule has 0 bridgehead atoms. The summed E-state index contributed by atoms with van der Waals surface area (Å²) in [5.41, 5.74) is 0. The maximum atomic E-state index is 9.08. The van der Waals surface area contributed by atoms with Gasteiger partial charge in [-0.3, -0.25) is 0 Å². The second-order valence-corrected chi connectivity index (χ2v) is 3.78. The van der Waals surface area contributed by atoms with Gasteiger partial charge in [-0.2, -0.15) is 0 Å². The highest BCUT2D eigenvalue weighted by Crippen LogP contribution is 2.21. The summed E-state index contributed by atoms with van der Waals surface area (Å²) in [4.78, 5) is 10.4. The minimum Gasteiger partial charge on any atom is -0.505 e. The number of hydrogen-bond donors (Lipinski definition) is 1. The number of aromatic hydroxyl groups is 1. The van der Waals surface area contributed by atoms with Crippen molar-refractivity contribution in [3.05, 3.63) is 12.4 Å². The van der Waals surface area contributed by atoms with E-state index in [4.69, 9.17) is 5.11 Å². The Hall–Kier alpha value is -1.32. The van der Waals surface area contributed by atoms with E-state index in [0.717, 1.165) is 12.5 Å². The predicted molar refractivity (Wildman–Crippen MR) is 54.4 cm³/mol. The van der Waals surface area contributed by atoms with Crippen LogP contribution in [-0.4, -0.2) is 27.7 Å². The van der Waals surface area contributed by atoms with Gasteiger partial charge in [-0.15, -0.1) is 0 Å². The molecule has 76 valence electrons. The molecule has 1 N–H and O–H groups in total. The van der Waals surface area contributed by atoms with Crippen LogP contribution in [0.2, 0.25) is 0 Å². The Kier molecular flexibility index (Phi) is 2.52. The molecule has 1 saturated heterocycles. The summed E-state index contributed by atoms with van der Waals surface area (Å²) < 4.78 is 0. The molecule has 0 amide bonds. The highest BCUT2D eigenvalue weighted by molar-refractivity contribution is 5.32. The van der Waals surface area contributed by atoms with Crippen molar-refractivity contribution in [1.29, 1.82) is 0 Å². The molecule has 4 nitrogen and oxygen atoms in total. The second-order valence-electron chi connectivity index (χ2n) is 3.78. The topological polar surface area (TPSA) is 49.2 Å². The van der Waals surface area contributed by atoms with Crippen LogP contribution in [0.4, 0.5) is 5.95 Å². The van der Waals surface area contributed by atoms with Gasteiger partial charge in [-0.05, 0) is 26.2 Å². The van der Waals surface area contributed by atoms with Crippen molar-refractivity contribution in [2.24, 2.45) is 0 Å². The SMILES string of the molecule is CC1CCCCN1c1ncc(O)cn1. The lowest BCUT2D eigenvalue weighted by Gasteiger charge is -2.33. The van der Waals surface area contributed by atoms with Gasteiger partial charge in [0.15, 0.2) is 5.75 Å². The molecule has 14 heavy (non-hydrogen) atoms. The van der Waals surface area contributed by atoms with Crippen LogP contribution in [0.15, 0.2) is 12.4 Å². The molecule has 2 heterocycles. The van der Waals surface area contributed by atoms with Gasteiger partial charge in [-0.1, -0.05) is 0 Å². The third-order valence-corrected chi connectivity index (χ3v) is 2.68. The van der Waals surface area contributed by atoms with Crippen LogP contribution in [0.5, 0.6) is 5.75 Å². The summed E-state index contributed by atoms with van der Waals surface area (Å²) in [6.07, 6.45) is 6.59. The largest absolute Gasteiger partial charge is 0.505 e. The molecular formula is C10H15N3O. The zero-order valence-electron chi connectivity index (χ0n) is 8.35.